The lowest BCUT2D eigenvalue weighted by molar-refractivity contribution is -0.138. The molecular weight excluding hydrogens is 214 g/mol. The van der Waals surface area contributed by atoms with Gasteiger partial charge >= 0.3 is 17.3 Å². The van der Waals surface area contributed by atoms with E-state index in [1.54, 1.807) is 20.8 Å². The van der Waals surface area contributed by atoms with Crippen LogP contribution in [-0.4, -0.2) is 25.8 Å². The van der Waals surface area contributed by atoms with Crippen molar-refractivity contribution < 1.29 is 9.90 Å². The van der Waals surface area contributed by atoms with E-state index in [0.29, 0.717) is 0 Å². The number of hydrogen-bond acceptors (Lipinski definition) is 3. The average molecular weight is 229 g/mol. The molecule has 16 heavy (non-hydrogen) atoms. The number of nitrogens with one attached hydrogen (secondary N) is 2. The molecule has 90 valence electrons. The van der Waals surface area contributed by atoms with Crippen molar-refractivity contribution in [3.63, 3.8) is 0 Å². The maximum atomic E-state index is 11.4. The van der Waals surface area contributed by atoms with Gasteiger partial charge in [0.15, 0.2) is 0 Å². The summed E-state index contributed by atoms with van der Waals surface area (Å²) in [4.78, 5) is 33.5. The largest absolute Gasteiger partial charge is 0.481 e. The topological polar surface area (TPSA) is 108 Å². The van der Waals surface area contributed by atoms with Gasteiger partial charge in [-0.2, -0.15) is 0 Å². The van der Waals surface area contributed by atoms with Crippen molar-refractivity contribution in [1.29, 1.82) is 0 Å². The molecule has 0 bridgehead atoms. The van der Waals surface area contributed by atoms with Crippen LogP contribution in [0.3, 0.4) is 0 Å². The molecular formula is C9H15N3O4. The second-order valence-electron chi connectivity index (χ2n) is 4.71. The minimum atomic E-state index is -1.05. The smallest absolute Gasteiger partial charge is 0.344 e. The molecule has 0 aliphatic rings. The highest BCUT2D eigenvalue weighted by Gasteiger charge is 2.31. The third-order valence-electron chi connectivity index (χ3n) is 2.39. The van der Waals surface area contributed by atoms with Gasteiger partial charge in [-0.15, -0.1) is 0 Å². The molecule has 1 heterocycles. The van der Waals surface area contributed by atoms with E-state index in [-0.39, 0.29) is 6.42 Å². The number of carboxylic acids is 1. The molecule has 1 rings (SSSR count). The van der Waals surface area contributed by atoms with E-state index in [9.17, 15) is 14.4 Å². The highest BCUT2D eigenvalue weighted by Crippen LogP contribution is 2.31. The lowest BCUT2D eigenvalue weighted by atomic mass is 9.84. The van der Waals surface area contributed by atoms with Crippen LogP contribution in [0.5, 0.6) is 0 Å². The van der Waals surface area contributed by atoms with Gasteiger partial charge in [-0.05, 0) is 5.41 Å². The summed E-state index contributed by atoms with van der Waals surface area (Å²) in [5.41, 5.74) is -1.74. The molecule has 1 atom stereocenters. The summed E-state index contributed by atoms with van der Waals surface area (Å²) in [6.07, 6.45) is -0.273. The summed E-state index contributed by atoms with van der Waals surface area (Å²) in [7, 11) is 0. The molecule has 0 amide bonds. The zero-order chi connectivity index (χ0) is 12.5. The minimum absolute atomic E-state index is 0.273. The zero-order valence-electron chi connectivity index (χ0n) is 9.40. The predicted octanol–water partition coefficient (Wildman–Crippen LogP) is -0.0734. The van der Waals surface area contributed by atoms with Gasteiger partial charge in [0.25, 0.3) is 0 Å². The van der Waals surface area contributed by atoms with Gasteiger partial charge in [0.1, 0.15) is 0 Å². The van der Waals surface area contributed by atoms with E-state index in [0.717, 1.165) is 4.57 Å². The molecule has 7 nitrogen and oxygen atoms in total. The van der Waals surface area contributed by atoms with Crippen molar-refractivity contribution in [3.8, 4) is 0 Å². The third kappa shape index (κ3) is 2.41. The average Bonchev–Trinajstić information content (AvgIpc) is 2.41. The Hall–Kier alpha value is -1.79. The van der Waals surface area contributed by atoms with Crippen LogP contribution in [-0.2, 0) is 4.79 Å². The quantitative estimate of drug-likeness (QED) is 0.674. The molecule has 1 aromatic heterocycles. The predicted molar refractivity (Wildman–Crippen MR) is 56.4 cm³/mol. The monoisotopic (exact) mass is 229 g/mol. The van der Waals surface area contributed by atoms with Crippen molar-refractivity contribution in [1.82, 2.24) is 14.8 Å². The van der Waals surface area contributed by atoms with E-state index >= 15 is 0 Å². The summed E-state index contributed by atoms with van der Waals surface area (Å²) in [5, 5.41) is 13.1. The molecule has 0 fully saturated rings. The summed E-state index contributed by atoms with van der Waals surface area (Å²) in [5.74, 6) is -1.05. The van der Waals surface area contributed by atoms with Crippen LogP contribution in [0.1, 0.15) is 33.2 Å². The van der Waals surface area contributed by atoms with Crippen LogP contribution in [0.25, 0.3) is 0 Å². The Balaban J connectivity index is 3.27. The Labute approximate surface area is 91.1 Å². The van der Waals surface area contributed by atoms with Crippen molar-refractivity contribution >= 4 is 5.97 Å². The van der Waals surface area contributed by atoms with E-state index in [1.165, 1.54) is 0 Å². The van der Waals surface area contributed by atoms with Gasteiger partial charge in [-0.25, -0.2) is 24.4 Å². The van der Waals surface area contributed by atoms with Crippen molar-refractivity contribution in [2.75, 3.05) is 0 Å². The summed E-state index contributed by atoms with van der Waals surface area (Å²) in [6, 6.07) is -0.688. The Bertz CT molecular complexity index is 460. The molecule has 0 aliphatic heterocycles. The minimum Gasteiger partial charge on any atom is -0.481 e. The number of aromatic amines is 2. The summed E-state index contributed by atoms with van der Waals surface area (Å²) in [6.45, 7) is 5.33. The first kappa shape index (κ1) is 12.3. The first-order valence-electron chi connectivity index (χ1n) is 4.84. The number of aromatic nitrogens is 3. The van der Waals surface area contributed by atoms with Crippen LogP contribution in [0, 0.1) is 5.41 Å². The van der Waals surface area contributed by atoms with Crippen molar-refractivity contribution in [3.05, 3.63) is 21.0 Å². The van der Waals surface area contributed by atoms with Crippen molar-refractivity contribution in [2.45, 2.75) is 33.2 Å². The number of carbonyl (C=O) groups is 1. The lowest BCUT2D eigenvalue weighted by Crippen LogP contribution is -2.38. The molecule has 0 saturated heterocycles. The van der Waals surface area contributed by atoms with Gasteiger partial charge in [0.2, 0.25) is 0 Å². The van der Waals surface area contributed by atoms with Crippen LogP contribution < -0.4 is 11.4 Å². The van der Waals surface area contributed by atoms with E-state index in [2.05, 4.69) is 10.2 Å². The molecule has 0 spiro atoms. The number of carboxylic acid groups (broad SMARTS) is 1. The van der Waals surface area contributed by atoms with Gasteiger partial charge in [-0.3, -0.25) is 4.79 Å². The zero-order valence-corrected chi connectivity index (χ0v) is 9.40. The Morgan fingerprint density at radius 3 is 2.06 bits per heavy atom. The van der Waals surface area contributed by atoms with Crippen molar-refractivity contribution in [2.24, 2.45) is 5.41 Å². The number of rotatable bonds is 3. The number of H-pyrrole nitrogens is 2. The highest BCUT2D eigenvalue weighted by atomic mass is 16.4. The SMILES string of the molecule is CC(C)(C)C(CC(=O)O)n1c(=O)[nH][nH]c1=O. The van der Waals surface area contributed by atoms with Gasteiger partial charge < -0.3 is 5.11 Å². The lowest BCUT2D eigenvalue weighted by Gasteiger charge is -2.28. The number of hydrogen-bond donors (Lipinski definition) is 3. The second-order valence-corrected chi connectivity index (χ2v) is 4.71. The van der Waals surface area contributed by atoms with E-state index < -0.39 is 28.8 Å². The highest BCUT2D eigenvalue weighted by molar-refractivity contribution is 5.67. The number of aliphatic carboxylic acids is 1. The second kappa shape index (κ2) is 3.99. The first-order valence-corrected chi connectivity index (χ1v) is 4.84. The fraction of sp³-hybridized carbons (Fsp3) is 0.667. The van der Waals surface area contributed by atoms with E-state index in [1.807, 2.05) is 0 Å². The van der Waals surface area contributed by atoms with Gasteiger partial charge in [-0.1, -0.05) is 20.8 Å². The maximum absolute atomic E-state index is 11.4. The standard InChI is InChI=1S/C9H15N3O4/c1-9(2,3)5(4-6(13)14)12-7(15)10-11-8(12)16/h5H,4H2,1-3H3,(H,10,15)(H,11,16)(H,13,14). The molecule has 0 aliphatic carbocycles. The first-order chi connectivity index (χ1) is 7.23. The fourth-order valence-corrected chi connectivity index (χ4v) is 1.55. The molecule has 0 aromatic carbocycles. The Morgan fingerprint density at radius 2 is 1.75 bits per heavy atom. The fourth-order valence-electron chi connectivity index (χ4n) is 1.55. The molecule has 7 heteroatoms. The normalized spacial score (nSPS) is 13.7. The number of nitrogens with zero attached hydrogens (tertiary/aromatic N) is 1. The molecule has 1 aromatic rings. The molecule has 1 unspecified atom stereocenters. The van der Waals surface area contributed by atoms with Crippen LogP contribution in [0.4, 0.5) is 0 Å². The molecule has 0 radical (unpaired) electrons. The Kier molecular flexibility index (Phi) is 3.06. The third-order valence-corrected chi connectivity index (χ3v) is 2.39. The van der Waals surface area contributed by atoms with E-state index in [4.69, 9.17) is 5.11 Å². The van der Waals surface area contributed by atoms with Crippen LogP contribution in [0.2, 0.25) is 0 Å². The maximum Gasteiger partial charge on any atom is 0.344 e. The summed E-state index contributed by atoms with van der Waals surface area (Å²) >= 11 is 0. The van der Waals surface area contributed by atoms with Gasteiger partial charge in [0, 0.05) is 0 Å². The molecule has 3 N–H and O–H groups in total. The Morgan fingerprint density at radius 1 is 1.31 bits per heavy atom. The summed E-state index contributed by atoms with van der Waals surface area (Å²) < 4.78 is 0.911. The van der Waals surface area contributed by atoms with Crippen LogP contribution in [0.15, 0.2) is 9.59 Å². The van der Waals surface area contributed by atoms with Gasteiger partial charge in [0.05, 0.1) is 12.5 Å². The van der Waals surface area contributed by atoms with Crippen LogP contribution >= 0.6 is 0 Å². The molecule has 0 saturated carbocycles.